The van der Waals surface area contributed by atoms with Crippen molar-refractivity contribution in [1.29, 1.82) is 0 Å². The first-order chi connectivity index (χ1) is 10.1. The SMILES string of the molecule is CCC(Oc1ccccc1)C(=O)Nc1cc(N)ccc1C. The van der Waals surface area contributed by atoms with E-state index in [2.05, 4.69) is 5.32 Å². The van der Waals surface area contributed by atoms with Gasteiger partial charge in [0.05, 0.1) is 0 Å². The quantitative estimate of drug-likeness (QED) is 0.827. The highest BCUT2D eigenvalue weighted by Gasteiger charge is 2.19. The van der Waals surface area contributed by atoms with Crippen LogP contribution < -0.4 is 15.8 Å². The lowest BCUT2D eigenvalue weighted by molar-refractivity contribution is -0.122. The fourth-order valence-corrected chi connectivity index (χ4v) is 1.97. The normalized spacial score (nSPS) is 11.7. The summed E-state index contributed by atoms with van der Waals surface area (Å²) in [6, 6.07) is 14.8. The first kappa shape index (κ1) is 14.9. The molecule has 1 unspecified atom stereocenters. The molecule has 0 saturated heterocycles. The second kappa shape index (κ2) is 6.79. The Morgan fingerprint density at radius 3 is 2.62 bits per heavy atom. The van der Waals surface area contributed by atoms with Gasteiger partial charge in [0.1, 0.15) is 5.75 Å². The monoisotopic (exact) mass is 284 g/mol. The van der Waals surface area contributed by atoms with E-state index < -0.39 is 6.10 Å². The smallest absolute Gasteiger partial charge is 0.265 e. The number of hydrogen-bond acceptors (Lipinski definition) is 3. The van der Waals surface area contributed by atoms with Gasteiger partial charge in [-0.05, 0) is 43.2 Å². The van der Waals surface area contributed by atoms with Crippen LogP contribution in [0.3, 0.4) is 0 Å². The van der Waals surface area contributed by atoms with Gasteiger partial charge >= 0.3 is 0 Å². The van der Waals surface area contributed by atoms with Crippen molar-refractivity contribution in [3.05, 3.63) is 54.1 Å². The number of ether oxygens (including phenoxy) is 1. The molecule has 0 saturated carbocycles. The molecule has 0 aromatic heterocycles. The number of benzene rings is 2. The van der Waals surface area contributed by atoms with Gasteiger partial charge in [0.25, 0.3) is 5.91 Å². The van der Waals surface area contributed by atoms with Gasteiger partial charge < -0.3 is 15.8 Å². The third-order valence-electron chi connectivity index (χ3n) is 3.20. The van der Waals surface area contributed by atoms with Gasteiger partial charge in [0.2, 0.25) is 0 Å². The summed E-state index contributed by atoms with van der Waals surface area (Å²) in [5, 5.41) is 2.88. The fourth-order valence-electron chi connectivity index (χ4n) is 1.97. The Labute approximate surface area is 124 Å². The number of amides is 1. The van der Waals surface area contributed by atoms with Crippen molar-refractivity contribution >= 4 is 17.3 Å². The van der Waals surface area contributed by atoms with Crippen LogP contribution >= 0.6 is 0 Å². The van der Waals surface area contributed by atoms with Gasteiger partial charge in [-0.15, -0.1) is 0 Å². The summed E-state index contributed by atoms with van der Waals surface area (Å²) in [5.41, 5.74) is 8.05. The van der Waals surface area contributed by atoms with Crippen LogP contribution in [0.25, 0.3) is 0 Å². The number of nitrogen functional groups attached to an aromatic ring is 1. The predicted octanol–water partition coefficient (Wildman–Crippen LogP) is 3.37. The van der Waals surface area contributed by atoms with E-state index in [-0.39, 0.29) is 5.91 Å². The van der Waals surface area contributed by atoms with Crippen molar-refractivity contribution in [2.24, 2.45) is 0 Å². The van der Waals surface area contributed by atoms with Gasteiger partial charge in [-0.2, -0.15) is 0 Å². The zero-order chi connectivity index (χ0) is 15.2. The highest BCUT2D eigenvalue weighted by Crippen LogP contribution is 2.19. The molecule has 0 aliphatic heterocycles. The van der Waals surface area contributed by atoms with Crippen molar-refractivity contribution in [1.82, 2.24) is 0 Å². The first-order valence-corrected chi connectivity index (χ1v) is 6.99. The Morgan fingerprint density at radius 1 is 1.24 bits per heavy atom. The molecular formula is C17H20N2O2. The number of rotatable bonds is 5. The fraction of sp³-hybridized carbons (Fsp3) is 0.235. The lowest BCUT2D eigenvalue weighted by Crippen LogP contribution is -2.32. The number of nitrogens with one attached hydrogen (secondary N) is 1. The summed E-state index contributed by atoms with van der Waals surface area (Å²) in [5.74, 6) is 0.513. The van der Waals surface area contributed by atoms with Gasteiger partial charge in [-0.3, -0.25) is 4.79 Å². The molecule has 0 spiro atoms. The lowest BCUT2D eigenvalue weighted by Gasteiger charge is -2.18. The minimum atomic E-state index is -0.534. The van der Waals surface area contributed by atoms with Crippen LogP contribution in [0.2, 0.25) is 0 Å². The maximum absolute atomic E-state index is 12.3. The van der Waals surface area contributed by atoms with Crippen LogP contribution in [0.5, 0.6) is 5.75 Å². The molecule has 0 aliphatic carbocycles. The molecule has 4 nitrogen and oxygen atoms in total. The summed E-state index contributed by atoms with van der Waals surface area (Å²) in [6.07, 6.45) is 0.0514. The molecule has 21 heavy (non-hydrogen) atoms. The molecule has 2 rings (SSSR count). The number of aryl methyl sites for hydroxylation is 1. The number of nitrogens with two attached hydrogens (primary N) is 1. The summed E-state index contributed by atoms with van der Waals surface area (Å²) in [7, 11) is 0. The topological polar surface area (TPSA) is 64.3 Å². The highest BCUT2D eigenvalue weighted by molar-refractivity contribution is 5.95. The molecule has 3 N–H and O–H groups in total. The minimum absolute atomic E-state index is 0.171. The zero-order valence-electron chi connectivity index (χ0n) is 12.3. The third kappa shape index (κ3) is 3.99. The van der Waals surface area contributed by atoms with E-state index in [1.807, 2.05) is 56.3 Å². The average Bonchev–Trinajstić information content (AvgIpc) is 2.49. The van der Waals surface area contributed by atoms with E-state index in [0.29, 0.717) is 17.9 Å². The first-order valence-electron chi connectivity index (χ1n) is 6.99. The molecule has 2 aromatic rings. The van der Waals surface area contributed by atoms with Crippen molar-refractivity contribution in [3.63, 3.8) is 0 Å². The van der Waals surface area contributed by atoms with Crippen LogP contribution in [0.1, 0.15) is 18.9 Å². The highest BCUT2D eigenvalue weighted by atomic mass is 16.5. The van der Waals surface area contributed by atoms with E-state index >= 15 is 0 Å². The molecule has 0 bridgehead atoms. The van der Waals surface area contributed by atoms with Crippen LogP contribution in [-0.4, -0.2) is 12.0 Å². The Morgan fingerprint density at radius 2 is 1.95 bits per heavy atom. The predicted molar refractivity (Wildman–Crippen MR) is 85.4 cm³/mol. The van der Waals surface area contributed by atoms with E-state index in [1.165, 1.54) is 0 Å². The largest absolute Gasteiger partial charge is 0.481 e. The molecule has 110 valence electrons. The molecule has 4 heteroatoms. The Balaban J connectivity index is 2.08. The molecule has 2 aromatic carbocycles. The van der Waals surface area contributed by atoms with Crippen molar-refractivity contribution < 1.29 is 9.53 Å². The number of hydrogen-bond donors (Lipinski definition) is 2. The maximum atomic E-state index is 12.3. The van der Waals surface area contributed by atoms with Crippen LogP contribution in [0, 0.1) is 6.92 Å². The molecule has 0 heterocycles. The summed E-state index contributed by atoms with van der Waals surface area (Å²) in [4.78, 5) is 12.3. The molecular weight excluding hydrogens is 264 g/mol. The molecule has 1 atom stereocenters. The molecule has 1 amide bonds. The lowest BCUT2D eigenvalue weighted by atomic mass is 10.1. The van der Waals surface area contributed by atoms with E-state index in [0.717, 1.165) is 11.3 Å². The van der Waals surface area contributed by atoms with E-state index in [4.69, 9.17) is 10.5 Å². The number of carbonyl (C=O) groups excluding carboxylic acids is 1. The Bertz CT molecular complexity index is 611. The average molecular weight is 284 g/mol. The van der Waals surface area contributed by atoms with Crippen LogP contribution in [-0.2, 0) is 4.79 Å². The number of carbonyl (C=O) groups is 1. The number of anilines is 2. The van der Waals surface area contributed by atoms with Crippen molar-refractivity contribution in [3.8, 4) is 5.75 Å². The van der Waals surface area contributed by atoms with Gasteiger partial charge in [0.15, 0.2) is 6.10 Å². The van der Waals surface area contributed by atoms with E-state index in [1.54, 1.807) is 6.07 Å². The molecule has 0 aliphatic rings. The summed E-state index contributed by atoms with van der Waals surface area (Å²) in [6.45, 7) is 3.84. The zero-order valence-corrected chi connectivity index (χ0v) is 12.3. The molecule has 0 fully saturated rings. The summed E-state index contributed by atoms with van der Waals surface area (Å²) >= 11 is 0. The standard InChI is InChI=1S/C17H20N2O2/c1-3-16(21-14-7-5-4-6-8-14)17(20)19-15-11-13(18)10-9-12(15)2/h4-11,16H,3,18H2,1-2H3,(H,19,20). The maximum Gasteiger partial charge on any atom is 0.265 e. The van der Waals surface area contributed by atoms with Gasteiger partial charge in [-0.1, -0.05) is 31.2 Å². The summed E-state index contributed by atoms with van der Waals surface area (Å²) < 4.78 is 5.72. The Kier molecular flexibility index (Phi) is 4.82. The second-order valence-corrected chi connectivity index (χ2v) is 4.89. The Hall–Kier alpha value is -2.49. The van der Waals surface area contributed by atoms with Gasteiger partial charge in [-0.25, -0.2) is 0 Å². The van der Waals surface area contributed by atoms with Gasteiger partial charge in [0, 0.05) is 11.4 Å². The van der Waals surface area contributed by atoms with Crippen molar-refractivity contribution in [2.45, 2.75) is 26.4 Å². The molecule has 0 radical (unpaired) electrons. The van der Waals surface area contributed by atoms with E-state index in [9.17, 15) is 4.79 Å². The van der Waals surface area contributed by atoms with Crippen LogP contribution in [0.15, 0.2) is 48.5 Å². The minimum Gasteiger partial charge on any atom is -0.481 e. The number of para-hydroxylation sites is 1. The third-order valence-corrected chi connectivity index (χ3v) is 3.20. The van der Waals surface area contributed by atoms with Crippen LogP contribution in [0.4, 0.5) is 11.4 Å². The van der Waals surface area contributed by atoms with Crippen molar-refractivity contribution in [2.75, 3.05) is 11.1 Å². The second-order valence-electron chi connectivity index (χ2n) is 4.89.